The van der Waals surface area contributed by atoms with Crippen LogP contribution in [-0.2, 0) is 0 Å². The first-order valence-corrected chi connectivity index (χ1v) is 7.53. The number of anilines is 1. The number of aryl methyl sites for hydroxylation is 1. The van der Waals surface area contributed by atoms with E-state index < -0.39 is 0 Å². The monoisotopic (exact) mass is 264 g/mol. The van der Waals surface area contributed by atoms with Crippen molar-refractivity contribution in [3.8, 4) is 0 Å². The van der Waals surface area contributed by atoms with Gasteiger partial charge in [0.15, 0.2) is 0 Å². The maximum Gasteiger partial charge on any atom is 0.253 e. The van der Waals surface area contributed by atoms with Gasteiger partial charge in [0.1, 0.15) is 0 Å². The third-order valence-electron chi connectivity index (χ3n) is 3.18. The molecule has 1 unspecified atom stereocenters. The number of nitrogens with one attached hydrogen (secondary N) is 2. The molecule has 0 bridgehead atoms. The van der Waals surface area contributed by atoms with Crippen molar-refractivity contribution in [2.75, 3.05) is 23.9 Å². The molecule has 1 aliphatic rings. The number of rotatable bonds is 3. The summed E-state index contributed by atoms with van der Waals surface area (Å²) in [5, 5.41) is 6.22. The van der Waals surface area contributed by atoms with Gasteiger partial charge in [0, 0.05) is 24.5 Å². The van der Waals surface area contributed by atoms with Crippen molar-refractivity contribution in [2.45, 2.75) is 25.8 Å². The summed E-state index contributed by atoms with van der Waals surface area (Å²) in [5.74, 6) is 2.29. The number of hydrogen-bond acceptors (Lipinski definition) is 3. The number of amides is 1. The van der Waals surface area contributed by atoms with E-state index in [0.717, 1.165) is 29.0 Å². The predicted molar refractivity (Wildman–Crippen MR) is 78.5 cm³/mol. The molecule has 1 aromatic rings. The van der Waals surface area contributed by atoms with E-state index in [0.29, 0.717) is 6.04 Å². The molecular formula is C14H20N2OS. The van der Waals surface area contributed by atoms with Crippen molar-refractivity contribution in [1.29, 1.82) is 0 Å². The smallest absolute Gasteiger partial charge is 0.253 e. The molecule has 3 nitrogen and oxygen atoms in total. The molecule has 0 spiro atoms. The molecule has 1 fully saturated rings. The third-order valence-corrected chi connectivity index (χ3v) is 4.40. The van der Waals surface area contributed by atoms with Crippen molar-refractivity contribution in [3.63, 3.8) is 0 Å². The van der Waals surface area contributed by atoms with Crippen LogP contribution in [0.5, 0.6) is 0 Å². The highest BCUT2D eigenvalue weighted by molar-refractivity contribution is 7.99. The van der Waals surface area contributed by atoms with Crippen LogP contribution in [0.3, 0.4) is 0 Å². The average Bonchev–Trinajstić information content (AvgIpc) is 2.39. The first-order chi connectivity index (χ1) is 8.70. The molecule has 1 aliphatic heterocycles. The van der Waals surface area contributed by atoms with E-state index in [1.807, 2.05) is 43.9 Å². The molecule has 2 rings (SSSR count). The van der Waals surface area contributed by atoms with Gasteiger partial charge in [-0.15, -0.1) is 0 Å². The Hall–Kier alpha value is -1.16. The van der Waals surface area contributed by atoms with Gasteiger partial charge in [-0.1, -0.05) is 6.07 Å². The van der Waals surface area contributed by atoms with Crippen molar-refractivity contribution >= 4 is 23.4 Å². The molecule has 0 radical (unpaired) electrons. The molecule has 4 heteroatoms. The Kier molecular flexibility index (Phi) is 4.53. The first-order valence-electron chi connectivity index (χ1n) is 6.37. The van der Waals surface area contributed by atoms with Gasteiger partial charge in [-0.3, -0.25) is 4.79 Å². The summed E-state index contributed by atoms with van der Waals surface area (Å²) >= 11 is 1.92. The van der Waals surface area contributed by atoms with E-state index >= 15 is 0 Å². The standard InChI is InChI=1S/C14H20N2OS/c1-10-5-6-12(13(8-10)15-2)14(17)16-11-4-3-7-18-9-11/h5-6,8,11,15H,3-4,7,9H2,1-2H3,(H,16,17). The Morgan fingerprint density at radius 3 is 2.94 bits per heavy atom. The molecule has 1 saturated heterocycles. The number of hydrogen-bond donors (Lipinski definition) is 2. The van der Waals surface area contributed by atoms with Gasteiger partial charge in [-0.25, -0.2) is 0 Å². The van der Waals surface area contributed by atoms with E-state index in [9.17, 15) is 4.79 Å². The van der Waals surface area contributed by atoms with Gasteiger partial charge in [-0.05, 0) is 43.2 Å². The van der Waals surface area contributed by atoms with Crippen LogP contribution in [0.1, 0.15) is 28.8 Å². The molecule has 18 heavy (non-hydrogen) atoms. The average molecular weight is 264 g/mol. The van der Waals surface area contributed by atoms with Gasteiger partial charge in [0.25, 0.3) is 5.91 Å². The van der Waals surface area contributed by atoms with Gasteiger partial charge < -0.3 is 10.6 Å². The lowest BCUT2D eigenvalue weighted by molar-refractivity contribution is 0.0939. The molecule has 1 atom stereocenters. The lowest BCUT2D eigenvalue weighted by Gasteiger charge is -2.23. The van der Waals surface area contributed by atoms with Crippen LogP contribution in [0.25, 0.3) is 0 Å². The van der Waals surface area contributed by atoms with E-state index in [-0.39, 0.29) is 5.91 Å². The van der Waals surface area contributed by atoms with Crippen LogP contribution in [0.4, 0.5) is 5.69 Å². The lowest BCUT2D eigenvalue weighted by atomic mass is 10.1. The summed E-state index contributed by atoms with van der Waals surface area (Å²) < 4.78 is 0. The number of benzene rings is 1. The second-order valence-corrected chi connectivity index (χ2v) is 5.84. The molecule has 1 heterocycles. The molecule has 98 valence electrons. The maximum absolute atomic E-state index is 12.2. The zero-order chi connectivity index (χ0) is 13.0. The highest BCUT2D eigenvalue weighted by atomic mass is 32.2. The second-order valence-electron chi connectivity index (χ2n) is 4.69. The van der Waals surface area contributed by atoms with Crippen LogP contribution in [0.2, 0.25) is 0 Å². The predicted octanol–water partition coefficient (Wildman–Crippen LogP) is 2.66. The van der Waals surface area contributed by atoms with E-state index in [1.54, 1.807) is 0 Å². The fourth-order valence-electron chi connectivity index (χ4n) is 2.18. The summed E-state index contributed by atoms with van der Waals surface area (Å²) in [6.07, 6.45) is 2.29. The zero-order valence-corrected chi connectivity index (χ0v) is 11.8. The number of carbonyl (C=O) groups is 1. The zero-order valence-electron chi connectivity index (χ0n) is 11.0. The minimum Gasteiger partial charge on any atom is -0.387 e. The summed E-state index contributed by atoms with van der Waals surface area (Å²) in [5.41, 5.74) is 2.79. The van der Waals surface area contributed by atoms with Gasteiger partial charge in [-0.2, -0.15) is 11.8 Å². The van der Waals surface area contributed by atoms with Crippen LogP contribution < -0.4 is 10.6 Å². The van der Waals surface area contributed by atoms with E-state index in [4.69, 9.17) is 0 Å². The minimum absolute atomic E-state index is 0.0341. The van der Waals surface area contributed by atoms with Crippen LogP contribution in [0, 0.1) is 6.92 Å². The topological polar surface area (TPSA) is 41.1 Å². The Morgan fingerprint density at radius 2 is 2.28 bits per heavy atom. The Balaban J connectivity index is 2.08. The summed E-state index contributed by atoms with van der Waals surface area (Å²) in [7, 11) is 1.85. The molecule has 2 N–H and O–H groups in total. The largest absolute Gasteiger partial charge is 0.387 e. The summed E-state index contributed by atoms with van der Waals surface area (Å²) in [4.78, 5) is 12.2. The highest BCUT2D eigenvalue weighted by Gasteiger charge is 2.18. The minimum atomic E-state index is 0.0341. The molecule has 0 saturated carbocycles. The Labute approximate surface area is 113 Å². The third kappa shape index (κ3) is 3.19. The van der Waals surface area contributed by atoms with Gasteiger partial charge in [0.05, 0.1) is 5.56 Å². The lowest BCUT2D eigenvalue weighted by Crippen LogP contribution is -2.38. The van der Waals surface area contributed by atoms with Gasteiger partial charge >= 0.3 is 0 Å². The normalized spacial score (nSPS) is 19.3. The maximum atomic E-state index is 12.2. The highest BCUT2D eigenvalue weighted by Crippen LogP contribution is 2.20. The van der Waals surface area contributed by atoms with Crippen molar-refractivity contribution in [3.05, 3.63) is 29.3 Å². The Bertz CT molecular complexity index is 428. The van der Waals surface area contributed by atoms with Gasteiger partial charge in [0.2, 0.25) is 0 Å². The fourth-order valence-corrected chi connectivity index (χ4v) is 3.25. The fraction of sp³-hybridized carbons (Fsp3) is 0.500. The van der Waals surface area contributed by atoms with Crippen LogP contribution >= 0.6 is 11.8 Å². The van der Waals surface area contributed by atoms with Crippen LogP contribution in [-0.4, -0.2) is 30.5 Å². The Morgan fingerprint density at radius 1 is 1.44 bits per heavy atom. The molecule has 1 aromatic carbocycles. The summed E-state index contributed by atoms with van der Waals surface area (Å²) in [6, 6.07) is 6.20. The van der Waals surface area contributed by atoms with E-state index in [2.05, 4.69) is 10.6 Å². The first kappa shape index (κ1) is 13.3. The summed E-state index contributed by atoms with van der Waals surface area (Å²) in [6.45, 7) is 2.03. The van der Waals surface area contributed by atoms with Crippen LogP contribution in [0.15, 0.2) is 18.2 Å². The van der Waals surface area contributed by atoms with Crippen molar-refractivity contribution in [1.82, 2.24) is 5.32 Å². The van der Waals surface area contributed by atoms with Crippen molar-refractivity contribution < 1.29 is 4.79 Å². The van der Waals surface area contributed by atoms with Crippen molar-refractivity contribution in [2.24, 2.45) is 0 Å². The quantitative estimate of drug-likeness (QED) is 0.882. The molecule has 0 aromatic heterocycles. The number of carbonyl (C=O) groups excluding carboxylic acids is 1. The molecule has 1 amide bonds. The molecular weight excluding hydrogens is 244 g/mol. The molecule has 0 aliphatic carbocycles. The second kappa shape index (κ2) is 6.14. The SMILES string of the molecule is CNc1cc(C)ccc1C(=O)NC1CCCSC1. The number of thioether (sulfide) groups is 1. The van der Waals surface area contributed by atoms with E-state index in [1.165, 1.54) is 12.2 Å².